The number of nitrogens with one attached hydrogen (secondary N) is 1. The monoisotopic (exact) mass is 682 g/mol. The number of carbonyl (C=O) groups excluding carboxylic acids is 2. The zero-order chi connectivity index (χ0) is 35.5. The summed E-state index contributed by atoms with van der Waals surface area (Å²) in [5.74, 6) is 0.176. The van der Waals surface area contributed by atoms with Crippen molar-refractivity contribution >= 4 is 40.0 Å². The van der Waals surface area contributed by atoms with Crippen LogP contribution in [0.3, 0.4) is 0 Å². The molecule has 1 aromatic carbocycles. The van der Waals surface area contributed by atoms with Gasteiger partial charge in [0.2, 0.25) is 11.8 Å². The number of imidazole rings is 1. The summed E-state index contributed by atoms with van der Waals surface area (Å²) in [6.07, 6.45) is 7.41. The average Bonchev–Trinajstić information content (AvgIpc) is 3.59. The molecule has 2 aliphatic heterocycles. The fourth-order valence-corrected chi connectivity index (χ4v) is 8.01. The zero-order valence-corrected chi connectivity index (χ0v) is 30.0. The number of anilines is 3. The molecule has 1 N–H and O–H groups in total. The number of methoxy groups -OCH3 is 1. The third kappa shape index (κ3) is 5.81. The number of pyridine rings is 2. The van der Waals surface area contributed by atoms with Crippen LogP contribution in [0.5, 0.6) is 0 Å². The van der Waals surface area contributed by atoms with E-state index >= 15 is 0 Å². The van der Waals surface area contributed by atoms with E-state index in [4.69, 9.17) is 14.7 Å². The molecule has 0 atom stereocenters. The number of nitrogens with zero attached hydrogens (tertiary/aromatic N) is 7. The predicted octanol–water partition coefficient (Wildman–Crippen LogP) is 6.07. The van der Waals surface area contributed by atoms with Gasteiger partial charge in [0, 0.05) is 69.2 Å². The Balaban J connectivity index is 1.28. The van der Waals surface area contributed by atoms with Crippen LogP contribution in [0.4, 0.5) is 21.6 Å². The van der Waals surface area contributed by atoms with E-state index in [1.165, 1.54) is 12.4 Å². The summed E-state index contributed by atoms with van der Waals surface area (Å²) < 4.78 is 22.5. The molecule has 1 saturated heterocycles. The van der Waals surface area contributed by atoms with E-state index in [0.717, 1.165) is 47.2 Å². The van der Waals surface area contributed by atoms with Crippen LogP contribution in [0.2, 0.25) is 0 Å². The van der Waals surface area contributed by atoms with Crippen molar-refractivity contribution in [1.29, 1.82) is 0 Å². The van der Waals surface area contributed by atoms with Crippen molar-refractivity contribution in [3.05, 3.63) is 60.4 Å². The molecule has 0 bridgehead atoms. The number of hydrogen-bond acceptors (Lipinski definition) is 8. The Morgan fingerprint density at radius 1 is 1.18 bits per heavy atom. The van der Waals surface area contributed by atoms with Crippen LogP contribution >= 0.6 is 0 Å². The summed E-state index contributed by atoms with van der Waals surface area (Å²) in [6.45, 7) is 11.8. The summed E-state index contributed by atoms with van der Waals surface area (Å²) in [5, 5.41) is 3.21. The van der Waals surface area contributed by atoms with Crippen molar-refractivity contribution in [2.24, 2.45) is 0 Å². The minimum atomic E-state index is -0.673. The van der Waals surface area contributed by atoms with Crippen LogP contribution in [0, 0.1) is 5.82 Å². The number of benzene rings is 1. The Hall–Kier alpha value is -4.42. The van der Waals surface area contributed by atoms with Gasteiger partial charge >= 0.3 is 0 Å². The second-order valence-electron chi connectivity index (χ2n) is 15.1. The van der Waals surface area contributed by atoms with Gasteiger partial charge in [0.05, 0.1) is 40.4 Å². The van der Waals surface area contributed by atoms with Crippen LogP contribution in [0.1, 0.15) is 71.9 Å². The lowest BCUT2D eigenvalue weighted by molar-refractivity contribution is -0.134. The fourth-order valence-electron chi connectivity index (χ4n) is 8.01. The number of aromatic nitrogens is 4. The summed E-state index contributed by atoms with van der Waals surface area (Å²) in [5.41, 5.74) is 4.27. The Morgan fingerprint density at radius 3 is 2.58 bits per heavy atom. The van der Waals surface area contributed by atoms with Crippen LogP contribution in [-0.2, 0) is 19.7 Å². The normalized spacial score (nSPS) is 20.2. The van der Waals surface area contributed by atoms with Crippen molar-refractivity contribution in [2.75, 3.05) is 44.0 Å². The zero-order valence-electron chi connectivity index (χ0n) is 30.0. The molecular weight excluding hydrogens is 635 g/mol. The molecule has 12 heteroatoms. The molecule has 4 aromatic rings. The highest BCUT2D eigenvalue weighted by atomic mass is 19.1. The maximum absolute atomic E-state index is 14.8. The van der Waals surface area contributed by atoms with Gasteiger partial charge in [0.1, 0.15) is 5.52 Å². The van der Waals surface area contributed by atoms with Gasteiger partial charge in [-0.25, -0.2) is 14.4 Å². The number of piperidine rings is 1. The van der Waals surface area contributed by atoms with E-state index in [1.807, 2.05) is 26.5 Å². The molecule has 0 unspecified atom stereocenters. The lowest BCUT2D eigenvalue weighted by atomic mass is 9.73. The highest BCUT2D eigenvalue weighted by Gasteiger charge is 2.55. The van der Waals surface area contributed by atoms with Crippen molar-refractivity contribution in [3.63, 3.8) is 0 Å². The van der Waals surface area contributed by atoms with E-state index in [2.05, 4.69) is 62.1 Å². The van der Waals surface area contributed by atoms with Crippen molar-refractivity contribution in [3.8, 4) is 11.3 Å². The Morgan fingerprint density at radius 2 is 1.92 bits per heavy atom. The van der Waals surface area contributed by atoms with E-state index in [-0.39, 0.29) is 35.2 Å². The maximum Gasteiger partial charge on any atom is 0.238 e. The first-order valence-corrected chi connectivity index (χ1v) is 17.6. The summed E-state index contributed by atoms with van der Waals surface area (Å²) >= 11 is 0. The maximum atomic E-state index is 14.8. The Labute approximate surface area is 292 Å². The number of amides is 2. The first-order valence-electron chi connectivity index (χ1n) is 17.6. The quantitative estimate of drug-likeness (QED) is 0.227. The molecular formula is C38H47FN8O3. The molecule has 264 valence electrons. The number of likely N-dealkylation sites (tertiary alicyclic amines) is 1. The standard InChI is InChI=1S/C38H47FN8O3/c1-23(2)46-22-41-32-19-31(43-35(34(32)46)42-30-10-13-40-20-29(30)39)25-8-9-28-33(16-25)47(27-17-26(18-27)44(6)21-37(4,5)50-7)36(49)38(28)11-14-45(15-12-38)24(3)48/h8-10,13,16,19-20,22-23,26-27H,11-12,14-15,17-18,21H2,1-7H3,(H,40,42,43). The molecule has 1 aliphatic carbocycles. The summed E-state index contributed by atoms with van der Waals surface area (Å²) in [4.78, 5) is 46.8. The Kier molecular flexibility index (Phi) is 8.66. The van der Waals surface area contributed by atoms with Crippen LogP contribution in [-0.4, -0.2) is 92.6 Å². The predicted molar refractivity (Wildman–Crippen MR) is 192 cm³/mol. The lowest BCUT2D eigenvalue weighted by Gasteiger charge is -2.47. The van der Waals surface area contributed by atoms with E-state index in [1.54, 1.807) is 26.4 Å². The van der Waals surface area contributed by atoms with Crippen molar-refractivity contribution < 1.29 is 18.7 Å². The third-order valence-electron chi connectivity index (χ3n) is 11.2. The number of likely N-dealkylation sites (N-methyl/N-ethyl adjacent to an activating group) is 1. The van der Waals surface area contributed by atoms with Gasteiger partial charge in [-0.15, -0.1) is 0 Å². The van der Waals surface area contributed by atoms with Gasteiger partial charge < -0.3 is 29.3 Å². The van der Waals surface area contributed by atoms with Crippen LogP contribution < -0.4 is 10.2 Å². The first kappa shape index (κ1) is 34.0. The molecule has 1 spiro atoms. The minimum Gasteiger partial charge on any atom is -0.377 e. The SMILES string of the molecule is COC(C)(C)CN(C)C1CC(N2C(=O)C3(CCN(C(C)=O)CC3)c3ccc(-c4cc5ncn(C(C)C)c5c(Nc5ccncc5F)n4)cc32)C1. The molecule has 2 fully saturated rings. The van der Waals surface area contributed by atoms with Gasteiger partial charge in [0.25, 0.3) is 0 Å². The molecule has 11 nitrogen and oxygen atoms in total. The molecule has 7 rings (SSSR count). The molecule has 50 heavy (non-hydrogen) atoms. The van der Waals surface area contributed by atoms with Crippen molar-refractivity contribution in [2.45, 2.75) is 89.4 Å². The minimum absolute atomic E-state index is 0.0408. The molecule has 5 heterocycles. The lowest BCUT2D eigenvalue weighted by Crippen LogP contribution is -2.58. The van der Waals surface area contributed by atoms with E-state index in [9.17, 15) is 14.0 Å². The second kappa shape index (κ2) is 12.7. The Bertz CT molecular complexity index is 1940. The van der Waals surface area contributed by atoms with E-state index < -0.39 is 11.2 Å². The number of carbonyl (C=O) groups is 2. The highest BCUT2D eigenvalue weighted by molar-refractivity contribution is 6.09. The molecule has 0 radical (unpaired) electrons. The van der Waals surface area contributed by atoms with Gasteiger partial charge in [0.15, 0.2) is 11.6 Å². The largest absolute Gasteiger partial charge is 0.377 e. The van der Waals surface area contributed by atoms with Crippen molar-refractivity contribution in [1.82, 2.24) is 29.3 Å². The number of hydrogen-bond donors (Lipinski definition) is 1. The second-order valence-corrected chi connectivity index (χ2v) is 15.1. The number of fused-ring (bicyclic) bond motifs is 3. The first-order chi connectivity index (χ1) is 23.8. The topological polar surface area (TPSA) is 109 Å². The van der Waals surface area contributed by atoms with Gasteiger partial charge in [-0.3, -0.25) is 14.6 Å². The average molecular weight is 683 g/mol. The van der Waals surface area contributed by atoms with Crippen LogP contribution in [0.25, 0.3) is 22.3 Å². The molecule has 1 saturated carbocycles. The third-order valence-corrected chi connectivity index (χ3v) is 11.2. The number of ether oxygens (including phenoxy) is 1. The highest BCUT2D eigenvalue weighted by Crippen LogP contribution is 2.52. The molecule has 3 aromatic heterocycles. The molecule has 3 aliphatic rings. The number of rotatable bonds is 9. The fraction of sp³-hybridized carbons (Fsp3) is 0.500. The van der Waals surface area contributed by atoms with Crippen LogP contribution in [0.15, 0.2) is 49.1 Å². The van der Waals surface area contributed by atoms with Gasteiger partial charge in [-0.05, 0) is 84.2 Å². The summed E-state index contributed by atoms with van der Waals surface area (Å²) in [6, 6.07) is 10.3. The van der Waals surface area contributed by atoms with Gasteiger partial charge in [-0.2, -0.15) is 0 Å². The van der Waals surface area contributed by atoms with Gasteiger partial charge in [-0.1, -0.05) is 12.1 Å². The molecule has 2 amide bonds. The van der Waals surface area contributed by atoms with E-state index in [0.29, 0.717) is 43.5 Å². The number of halogens is 1. The smallest absolute Gasteiger partial charge is 0.238 e. The summed E-state index contributed by atoms with van der Waals surface area (Å²) in [7, 11) is 3.87.